The average molecular weight is 315 g/mol. The van der Waals surface area contributed by atoms with Crippen LogP contribution in [0.4, 0.5) is 11.4 Å². The van der Waals surface area contributed by atoms with Crippen molar-refractivity contribution in [3.05, 3.63) is 34.4 Å². The lowest BCUT2D eigenvalue weighted by atomic mass is 10.2. The number of carbonyl (C=O) groups excluding carboxylic acids is 1. The standard InChI is InChI=1S/C13H18N4O3.ClH/c1-10(14)13(18)16-8-6-15(7-9-16)11-4-2-3-5-12(11)17(19)20;/h2-5,10H,6-9,14H2,1H3;1H/t10-;/m1./s1. The summed E-state index contributed by atoms with van der Waals surface area (Å²) in [4.78, 5) is 26.1. The second-order valence-electron chi connectivity index (χ2n) is 4.85. The number of amides is 1. The van der Waals surface area contributed by atoms with Crippen LogP contribution < -0.4 is 10.6 Å². The molecule has 8 heteroatoms. The summed E-state index contributed by atoms with van der Waals surface area (Å²) in [5.74, 6) is -0.0767. The summed E-state index contributed by atoms with van der Waals surface area (Å²) < 4.78 is 0. The largest absolute Gasteiger partial charge is 0.362 e. The maximum Gasteiger partial charge on any atom is 0.292 e. The van der Waals surface area contributed by atoms with E-state index in [9.17, 15) is 14.9 Å². The first kappa shape index (κ1) is 17.2. The van der Waals surface area contributed by atoms with Crippen LogP contribution in [0.5, 0.6) is 0 Å². The topological polar surface area (TPSA) is 92.7 Å². The van der Waals surface area contributed by atoms with Gasteiger partial charge in [-0.3, -0.25) is 14.9 Å². The zero-order valence-corrected chi connectivity index (χ0v) is 12.6. The first-order valence-electron chi connectivity index (χ1n) is 6.53. The van der Waals surface area contributed by atoms with Gasteiger partial charge in [-0.1, -0.05) is 12.1 Å². The van der Waals surface area contributed by atoms with E-state index in [0.717, 1.165) is 0 Å². The van der Waals surface area contributed by atoms with Crippen LogP contribution in [-0.4, -0.2) is 48.0 Å². The van der Waals surface area contributed by atoms with Crippen molar-refractivity contribution in [3.63, 3.8) is 0 Å². The fourth-order valence-corrected chi connectivity index (χ4v) is 2.34. The molecule has 116 valence electrons. The Bertz CT molecular complexity index is 516. The highest BCUT2D eigenvalue weighted by molar-refractivity contribution is 5.85. The monoisotopic (exact) mass is 314 g/mol. The highest BCUT2D eigenvalue weighted by atomic mass is 35.5. The Morgan fingerprint density at radius 2 is 1.86 bits per heavy atom. The highest BCUT2D eigenvalue weighted by Gasteiger charge is 2.26. The minimum Gasteiger partial charge on any atom is -0.362 e. The van der Waals surface area contributed by atoms with E-state index >= 15 is 0 Å². The minimum atomic E-state index is -0.507. The molecule has 7 nitrogen and oxygen atoms in total. The molecule has 0 aromatic heterocycles. The van der Waals surface area contributed by atoms with Gasteiger partial charge in [0.1, 0.15) is 5.69 Å². The first-order chi connectivity index (χ1) is 9.50. The number of nitro benzene ring substituents is 1. The van der Waals surface area contributed by atoms with E-state index in [1.165, 1.54) is 6.07 Å². The van der Waals surface area contributed by atoms with Crippen LogP contribution in [0.15, 0.2) is 24.3 Å². The molecule has 1 atom stereocenters. The molecule has 0 spiro atoms. The van der Waals surface area contributed by atoms with Crippen molar-refractivity contribution in [2.45, 2.75) is 13.0 Å². The molecule has 1 heterocycles. The van der Waals surface area contributed by atoms with Gasteiger partial charge in [0, 0.05) is 32.2 Å². The molecule has 2 rings (SSSR count). The number of halogens is 1. The van der Waals surface area contributed by atoms with E-state index in [-0.39, 0.29) is 28.9 Å². The van der Waals surface area contributed by atoms with Crippen LogP contribution in [0.25, 0.3) is 0 Å². The number of hydrogen-bond donors (Lipinski definition) is 1. The van der Waals surface area contributed by atoms with Gasteiger partial charge in [0.05, 0.1) is 11.0 Å². The number of anilines is 1. The quantitative estimate of drug-likeness (QED) is 0.664. The van der Waals surface area contributed by atoms with Crippen LogP contribution in [0.2, 0.25) is 0 Å². The molecule has 0 bridgehead atoms. The molecule has 0 radical (unpaired) electrons. The molecule has 1 aromatic carbocycles. The van der Waals surface area contributed by atoms with E-state index in [1.807, 2.05) is 4.90 Å². The number of nitrogens with two attached hydrogens (primary N) is 1. The van der Waals surface area contributed by atoms with Gasteiger partial charge in [-0.05, 0) is 13.0 Å². The summed E-state index contributed by atoms with van der Waals surface area (Å²) >= 11 is 0. The molecule has 1 aliphatic rings. The summed E-state index contributed by atoms with van der Waals surface area (Å²) in [6.07, 6.45) is 0. The predicted octanol–water partition coefficient (Wildman–Crippen LogP) is 1.01. The van der Waals surface area contributed by atoms with Crippen molar-refractivity contribution in [3.8, 4) is 0 Å². The van der Waals surface area contributed by atoms with Gasteiger partial charge in [-0.25, -0.2) is 0 Å². The van der Waals surface area contributed by atoms with Crippen LogP contribution in [-0.2, 0) is 4.79 Å². The number of nitrogens with zero attached hydrogens (tertiary/aromatic N) is 3. The fraction of sp³-hybridized carbons (Fsp3) is 0.462. The molecule has 2 N–H and O–H groups in total. The molecule has 1 aliphatic heterocycles. The SMILES string of the molecule is C[C@@H](N)C(=O)N1CCN(c2ccccc2[N+](=O)[O-])CC1.Cl. The van der Waals surface area contributed by atoms with Crippen molar-refractivity contribution >= 4 is 29.7 Å². The van der Waals surface area contributed by atoms with Crippen molar-refractivity contribution in [1.82, 2.24) is 4.90 Å². The number of rotatable bonds is 3. The molecule has 0 aliphatic carbocycles. The molecular formula is C13H19ClN4O3. The summed E-state index contributed by atoms with van der Waals surface area (Å²) in [5, 5.41) is 11.0. The number of para-hydroxylation sites is 2. The Morgan fingerprint density at radius 1 is 1.29 bits per heavy atom. The lowest BCUT2D eigenvalue weighted by Crippen LogP contribution is -2.52. The normalized spacial score (nSPS) is 16.1. The molecule has 0 saturated carbocycles. The van der Waals surface area contributed by atoms with Gasteiger partial charge in [-0.2, -0.15) is 0 Å². The van der Waals surface area contributed by atoms with E-state index in [4.69, 9.17) is 5.73 Å². The zero-order chi connectivity index (χ0) is 14.7. The van der Waals surface area contributed by atoms with E-state index in [2.05, 4.69) is 0 Å². The molecular weight excluding hydrogens is 296 g/mol. The summed E-state index contributed by atoms with van der Waals surface area (Å²) in [7, 11) is 0. The number of nitro groups is 1. The lowest BCUT2D eigenvalue weighted by Gasteiger charge is -2.36. The maximum atomic E-state index is 11.8. The molecule has 21 heavy (non-hydrogen) atoms. The minimum absolute atomic E-state index is 0. The predicted molar refractivity (Wildman–Crippen MR) is 82.8 cm³/mol. The van der Waals surface area contributed by atoms with E-state index in [0.29, 0.717) is 31.9 Å². The number of benzene rings is 1. The Labute approximate surface area is 129 Å². The second-order valence-corrected chi connectivity index (χ2v) is 4.85. The molecule has 0 unspecified atom stereocenters. The van der Waals surface area contributed by atoms with Crippen LogP contribution in [0.3, 0.4) is 0 Å². The average Bonchev–Trinajstić information content (AvgIpc) is 2.46. The Morgan fingerprint density at radius 3 is 2.38 bits per heavy atom. The summed E-state index contributed by atoms with van der Waals surface area (Å²) in [6, 6.07) is 6.16. The number of carbonyl (C=O) groups is 1. The van der Waals surface area contributed by atoms with Gasteiger partial charge in [-0.15, -0.1) is 12.4 Å². The smallest absolute Gasteiger partial charge is 0.292 e. The van der Waals surface area contributed by atoms with Crippen molar-refractivity contribution in [1.29, 1.82) is 0 Å². The fourth-order valence-electron chi connectivity index (χ4n) is 2.34. The van der Waals surface area contributed by atoms with E-state index < -0.39 is 6.04 Å². The third kappa shape index (κ3) is 3.83. The summed E-state index contributed by atoms with van der Waals surface area (Å²) in [5.41, 5.74) is 6.28. The number of piperazine rings is 1. The maximum absolute atomic E-state index is 11.8. The summed E-state index contributed by atoms with van der Waals surface area (Å²) in [6.45, 7) is 3.88. The molecule has 1 fully saturated rings. The van der Waals surface area contributed by atoms with Gasteiger partial charge >= 0.3 is 0 Å². The lowest BCUT2D eigenvalue weighted by molar-refractivity contribution is -0.384. The van der Waals surface area contributed by atoms with Crippen molar-refractivity contribution < 1.29 is 9.72 Å². The molecule has 1 aromatic rings. The van der Waals surface area contributed by atoms with Crippen molar-refractivity contribution in [2.75, 3.05) is 31.1 Å². The zero-order valence-electron chi connectivity index (χ0n) is 11.8. The Kier molecular flexibility index (Phi) is 5.92. The van der Waals surface area contributed by atoms with Crippen LogP contribution >= 0.6 is 12.4 Å². The number of hydrogen-bond acceptors (Lipinski definition) is 5. The van der Waals surface area contributed by atoms with Gasteiger partial charge in [0.25, 0.3) is 5.69 Å². The Balaban J connectivity index is 0.00000220. The second kappa shape index (κ2) is 7.24. The van der Waals surface area contributed by atoms with Crippen LogP contribution in [0.1, 0.15) is 6.92 Å². The molecule has 1 amide bonds. The van der Waals surface area contributed by atoms with E-state index in [1.54, 1.807) is 30.0 Å². The highest BCUT2D eigenvalue weighted by Crippen LogP contribution is 2.28. The van der Waals surface area contributed by atoms with Gasteiger partial charge < -0.3 is 15.5 Å². The van der Waals surface area contributed by atoms with Crippen LogP contribution in [0, 0.1) is 10.1 Å². The third-order valence-corrected chi connectivity index (χ3v) is 3.40. The van der Waals surface area contributed by atoms with Crippen molar-refractivity contribution in [2.24, 2.45) is 5.73 Å². The van der Waals surface area contributed by atoms with Gasteiger partial charge in [0.15, 0.2) is 0 Å². The first-order valence-corrected chi connectivity index (χ1v) is 6.53. The third-order valence-electron chi connectivity index (χ3n) is 3.40. The molecule has 1 saturated heterocycles. The Hall–Kier alpha value is -1.86. The van der Waals surface area contributed by atoms with Gasteiger partial charge in [0.2, 0.25) is 5.91 Å².